The van der Waals surface area contributed by atoms with E-state index in [4.69, 9.17) is 11.6 Å². The molecule has 0 fully saturated rings. The van der Waals surface area contributed by atoms with Gasteiger partial charge in [0.25, 0.3) is 5.91 Å². The maximum atomic E-state index is 13.3. The van der Waals surface area contributed by atoms with Crippen LogP contribution in [0.25, 0.3) is 10.9 Å². The monoisotopic (exact) mass is 302 g/mol. The molecule has 1 amide bonds. The van der Waals surface area contributed by atoms with E-state index in [1.54, 1.807) is 24.4 Å². The van der Waals surface area contributed by atoms with Gasteiger partial charge in [-0.25, -0.2) is 4.39 Å². The number of benzene rings is 2. The van der Waals surface area contributed by atoms with Crippen LogP contribution in [-0.2, 0) is 0 Å². The molecular weight excluding hydrogens is 291 g/mol. The second kappa shape index (κ2) is 5.22. The zero-order chi connectivity index (χ0) is 15.0. The maximum absolute atomic E-state index is 13.3. The average Bonchev–Trinajstić information content (AvgIpc) is 2.85. The highest BCUT2D eigenvalue weighted by atomic mass is 35.5. The van der Waals surface area contributed by atoms with Crippen LogP contribution in [0.5, 0.6) is 0 Å². The first-order valence-electron chi connectivity index (χ1n) is 6.39. The van der Waals surface area contributed by atoms with Crippen molar-refractivity contribution in [3.63, 3.8) is 0 Å². The molecule has 2 aromatic carbocycles. The Labute approximate surface area is 125 Å². The SMILES string of the molecule is Cc1ccc(Cl)cc1NC(=O)c1c[nH]c2ccc(F)cc12. The Balaban J connectivity index is 1.97. The minimum Gasteiger partial charge on any atom is -0.360 e. The second-order valence-corrected chi connectivity index (χ2v) is 5.24. The molecule has 0 unspecified atom stereocenters. The van der Waals surface area contributed by atoms with Crippen molar-refractivity contribution < 1.29 is 9.18 Å². The predicted octanol–water partition coefficient (Wildman–Crippen LogP) is 4.52. The number of H-pyrrole nitrogens is 1. The third-order valence-electron chi connectivity index (χ3n) is 3.34. The number of rotatable bonds is 2. The van der Waals surface area contributed by atoms with Crippen LogP contribution < -0.4 is 5.32 Å². The van der Waals surface area contributed by atoms with Gasteiger partial charge in [0.05, 0.1) is 5.56 Å². The van der Waals surface area contributed by atoms with Crippen LogP contribution in [-0.4, -0.2) is 10.9 Å². The molecule has 3 aromatic rings. The van der Waals surface area contributed by atoms with Gasteiger partial charge < -0.3 is 10.3 Å². The number of carbonyl (C=O) groups excluding carboxylic acids is 1. The van der Waals surface area contributed by atoms with E-state index < -0.39 is 0 Å². The van der Waals surface area contributed by atoms with Crippen molar-refractivity contribution in [2.45, 2.75) is 6.92 Å². The topological polar surface area (TPSA) is 44.9 Å². The number of hydrogen-bond acceptors (Lipinski definition) is 1. The van der Waals surface area contributed by atoms with Crippen LogP contribution in [0.1, 0.15) is 15.9 Å². The molecule has 0 saturated carbocycles. The van der Waals surface area contributed by atoms with E-state index in [0.29, 0.717) is 27.2 Å². The summed E-state index contributed by atoms with van der Waals surface area (Å²) < 4.78 is 13.3. The molecule has 0 aliphatic carbocycles. The molecule has 2 N–H and O–H groups in total. The van der Waals surface area contributed by atoms with Crippen molar-refractivity contribution in [1.82, 2.24) is 4.98 Å². The Kier molecular flexibility index (Phi) is 3.39. The van der Waals surface area contributed by atoms with Crippen molar-refractivity contribution >= 4 is 34.1 Å². The molecule has 106 valence electrons. The molecule has 21 heavy (non-hydrogen) atoms. The summed E-state index contributed by atoms with van der Waals surface area (Å²) in [5.74, 6) is -0.688. The summed E-state index contributed by atoms with van der Waals surface area (Å²) in [4.78, 5) is 15.3. The fourth-order valence-electron chi connectivity index (χ4n) is 2.20. The number of aromatic amines is 1. The molecule has 0 aliphatic heterocycles. The summed E-state index contributed by atoms with van der Waals surface area (Å²) in [6.07, 6.45) is 1.57. The maximum Gasteiger partial charge on any atom is 0.257 e. The normalized spacial score (nSPS) is 10.8. The summed E-state index contributed by atoms with van der Waals surface area (Å²) >= 11 is 5.93. The Morgan fingerprint density at radius 2 is 2.05 bits per heavy atom. The molecular formula is C16H12ClFN2O. The van der Waals surface area contributed by atoms with Gasteiger partial charge in [0.15, 0.2) is 0 Å². The third-order valence-corrected chi connectivity index (χ3v) is 3.57. The first kappa shape index (κ1) is 13.6. The van der Waals surface area contributed by atoms with E-state index in [1.807, 2.05) is 13.0 Å². The number of carbonyl (C=O) groups is 1. The van der Waals surface area contributed by atoms with Gasteiger partial charge in [-0.1, -0.05) is 17.7 Å². The zero-order valence-electron chi connectivity index (χ0n) is 11.2. The van der Waals surface area contributed by atoms with Gasteiger partial charge in [0.2, 0.25) is 0 Å². The molecule has 3 nitrogen and oxygen atoms in total. The Morgan fingerprint density at radius 3 is 2.86 bits per heavy atom. The van der Waals surface area contributed by atoms with E-state index >= 15 is 0 Å². The summed E-state index contributed by atoms with van der Waals surface area (Å²) in [6, 6.07) is 9.56. The van der Waals surface area contributed by atoms with Gasteiger partial charge in [0, 0.05) is 27.8 Å². The Bertz CT molecular complexity index is 841. The summed E-state index contributed by atoms with van der Waals surface area (Å²) in [5.41, 5.74) is 2.64. The summed E-state index contributed by atoms with van der Waals surface area (Å²) in [5, 5.41) is 3.89. The van der Waals surface area contributed by atoms with Gasteiger partial charge in [-0.15, -0.1) is 0 Å². The highest BCUT2D eigenvalue weighted by Crippen LogP contribution is 2.23. The third kappa shape index (κ3) is 2.62. The Morgan fingerprint density at radius 1 is 1.24 bits per heavy atom. The van der Waals surface area contributed by atoms with Crippen molar-refractivity contribution in [1.29, 1.82) is 0 Å². The first-order chi connectivity index (χ1) is 10.0. The van der Waals surface area contributed by atoms with E-state index in [-0.39, 0.29) is 11.7 Å². The number of hydrogen-bond donors (Lipinski definition) is 2. The lowest BCUT2D eigenvalue weighted by Crippen LogP contribution is -2.12. The van der Waals surface area contributed by atoms with Crippen molar-refractivity contribution in [2.75, 3.05) is 5.32 Å². The summed E-state index contributed by atoms with van der Waals surface area (Å²) in [7, 11) is 0. The van der Waals surface area contributed by atoms with Crippen LogP contribution in [0.15, 0.2) is 42.6 Å². The lowest BCUT2D eigenvalue weighted by molar-refractivity contribution is 0.102. The quantitative estimate of drug-likeness (QED) is 0.718. The smallest absolute Gasteiger partial charge is 0.257 e. The van der Waals surface area contributed by atoms with Crippen molar-refractivity contribution in [3.8, 4) is 0 Å². The number of amides is 1. The fraction of sp³-hybridized carbons (Fsp3) is 0.0625. The molecule has 5 heteroatoms. The van der Waals surface area contributed by atoms with E-state index in [1.165, 1.54) is 12.1 Å². The molecule has 3 rings (SSSR count). The molecule has 0 atom stereocenters. The molecule has 0 saturated heterocycles. The van der Waals surface area contributed by atoms with Gasteiger partial charge in [-0.2, -0.15) is 0 Å². The minimum atomic E-state index is -0.380. The Hall–Kier alpha value is -2.33. The van der Waals surface area contributed by atoms with Gasteiger partial charge in [-0.3, -0.25) is 4.79 Å². The highest BCUT2D eigenvalue weighted by molar-refractivity contribution is 6.31. The largest absolute Gasteiger partial charge is 0.360 e. The van der Waals surface area contributed by atoms with Gasteiger partial charge in [-0.05, 0) is 42.8 Å². The molecule has 1 aromatic heterocycles. The number of anilines is 1. The fourth-order valence-corrected chi connectivity index (χ4v) is 2.37. The van der Waals surface area contributed by atoms with E-state index in [9.17, 15) is 9.18 Å². The molecule has 0 radical (unpaired) electrons. The van der Waals surface area contributed by atoms with Crippen LogP contribution >= 0.6 is 11.6 Å². The molecule has 0 aliphatic rings. The standard InChI is InChI=1S/C16H12ClFN2O/c1-9-2-3-10(17)6-15(9)20-16(21)13-8-19-14-5-4-11(18)7-12(13)14/h2-8,19H,1H3,(H,20,21). The van der Waals surface area contributed by atoms with Gasteiger partial charge >= 0.3 is 0 Å². The van der Waals surface area contributed by atoms with E-state index in [2.05, 4.69) is 10.3 Å². The number of aryl methyl sites for hydroxylation is 1. The number of aromatic nitrogens is 1. The predicted molar refractivity (Wildman–Crippen MR) is 82.4 cm³/mol. The lowest BCUT2D eigenvalue weighted by Gasteiger charge is -2.08. The number of halogens is 2. The zero-order valence-corrected chi connectivity index (χ0v) is 12.0. The van der Waals surface area contributed by atoms with Crippen LogP contribution in [0, 0.1) is 12.7 Å². The number of nitrogens with one attached hydrogen (secondary N) is 2. The van der Waals surface area contributed by atoms with Crippen LogP contribution in [0.4, 0.5) is 10.1 Å². The average molecular weight is 303 g/mol. The number of fused-ring (bicyclic) bond motifs is 1. The van der Waals surface area contributed by atoms with Gasteiger partial charge in [0.1, 0.15) is 5.82 Å². The van der Waals surface area contributed by atoms with Crippen LogP contribution in [0.2, 0.25) is 5.02 Å². The first-order valence-corrected chi connectivity index (χ1v) is 6.76. The van der Waals surface area contributed by atoms with E-state index in [0.717, 1.165) is 5.56 Å². The molecule has 1 heterocycles. The second-order valence-electron chi connectivity index (χ2n) is 4.81. The van der Waals surface area contributed by atoms with Crippen molar-refractivity contribution in [3.05, 3.63) is 64.6 Å². The van der Waals surface area contributed by atoms with Crippen LogP contribution in [0.3, 0.4) is 0 Å². The molecule has 0 spiro atoms. The minimum absolute atomic E-state index is 0.308. The molecule has 0 bridgehead atoms. The lowest BCUT2D eigenvalue weighted by atomic mass is 10.1. The summed E-state index contributed by atoms with van der Waals surface area (Å²) in [6.45, 7) is 1.88. The van der Waals surface area contributed by atoms with Crippen molar-refractivity contribution in [2.24, 2.45) is 0 Å². The highest BCUT2D eigenvalue weighted by Gasteiger charge is 2.14.